The highest BCUT2D eigenvalue weighted by Gasteiger charge is 2.30. The fraction of sp³-hybridized carbons (Fsp3) is 0.533. The van der Waals surface area contributed by atoms with Gasteiger partial charge in [0.15, 0.2) is 11.5 Å². The Morgan fingerprint density at radius 2 is 1.74 bits per heavy atom. The Kier molecular flexibility index (Phi) is 4.45. The van der Waals surface area contributed by atoms with Crippen molar-refractivity contribution in [2.45, 2.75) is 34.1 Å². The number of carboxylic acids is 1. The summed E-state index contributed by atoms with van der Waals surface area (Å²) in [6, 6.07) is 1.97. The Labute approximate surface area is 114 Å². The molecule has 0 bridgehead atoms. The van der Waals surface area contributed by atoms with E-state index in [9.17, 15) is 9.90 Å². The van der Waals surface area contributed by atoms with E-state index in [2.05, 4.69) is 0 Å². The third kappa shape index (κ3) is 3.00. The number of carbonyl (C=O) groups is 1. The molecule has 0 saturated heterocycles. The first-order chi connectivity index (χ1) is 8.74. The van der Waals surface area contributed by atoms with Crippen molar-refractivity contribution in [1.29, 1.82) is 0 Å². The molecule has 0 amide bonds. The molecular formula is C15H22O4. The third-order valence-corrected chi connectivity index (χ3v) is 3.44. The van der Waals surface area contributed by atoms with Gasteiger partial charge in [-0.2, -0.15) is 0 Å². The maximum absolute atomic E-state index is 11.3. The fourth-order valence-corrected chi connectivity index (χ4v) is 2.08. The molecule has 0 heterocycles. The van der Waals surface area contributed by atoms with Gasteiger partial charge in [0.25, 0.3) is 0 Å². The summed E-state index contributed by atoms with van der Waals surface area (Å²) in [4.78, 5) is 11.3. The maximum Gasteiger partial charge on any atom is 0.309 e. The smallest absolute Gasteiger partial charge is 0.309 e. The lowest BCUT2D eigenvalue weighted by molar-refractivity contribution is -0.146. The Hall–Kier alpha value is -1.71. The van der Waals surface area contributed by atoms with Crippen LogP contribution in [0, 0.1) is 19.3 Å². The van der Waals surface area contributed by atoms with Crippen molar-refractivity contribution in [3.8, 4) is 11.5 Å². The van der Waals surface area contributed by atoms with Crippen LogP contribution in [0.4, 0.5) is 0 Å². The molecule has 0 saturated carbocycles. The first kappa shape index (κ1) is 15.3. The minimum Gasteiger partial charge on any atom is -0.493 e. The highest BCUT2D eigenvalue weighted by Crippen LogP contribution is 2.39. The Morgan fingerprint density at radius 3 is 2.16 bits per heavy atom. The summed E-state index contributed by atoms with van der Waals surface area (Å²) in [5.41, 5.74) is 2.08. The maximum atomic E-state index is 11.3. The predicted molar refractivity (Wildman–Crippen MR) is 74.1 cm³/mol. The highest BCUT2D eigenvalue weighted by molar-refractivity contribution is 5.74. The molecular weight excluding hydrogens is 244 g/mol. The molecule has 0 aliphatic rings. The van der Waals surface area contributed by atoms with E-state index in [0.29, 0.717) is 17.9 Å². The van der Waals surface area contributed by atoms with Gasteiger partial charge in [-0.1, -0.05) is 6.07 Å². The zero-order valence-corrected chi connectivity index (χ0v) is 12.5. The van der Waals surface area contributed by atoms with Gasteiger partial charge in [-0.15, -0.1) is 0 Å². The second kappa shape index (κ2) is 5.51. The number of ether oxygens (including phenoxy) is 2. The number of hydrogen-bond donors (Lipinski definition) is 1. The molecule has 0 aliphatic heterocycles. The minimum absolute atomic E-state index is 0.392. The zero-order chi connectivity index (χ0) is 14.8. The summed E-state index contributed by atoms with van der Waals surface area (Å²) in [6.45, 7) is 7.35. The van der Waals surface area contributed by atoms with Crippen LogP contribution < -0.4 is 9.47 Å². The van der Waals surface area contributed by atoms with Gasteiger partial charge in [0.05, 0.1) is 19.6 Å². The summed E-state index contributed by atoms with van der Waals surface area (Å²) in [7, 11) is 3.17. The van der Waals surface area contributed by atoms with E-state index in [4.69, 9.17) is 9.47 Å². The van der Waals surface area contributed by atoms with Crippen LogP contribution in [-0.2, 0) is 11.2 Å². The first-order valence-corrected chi connectivity index (χ1v) is 6.19. The molecule has 1 aromatic rings. The molecule has 0 radical (unpaired) electrons. The van der Waals surface area contributed by atoms with Gasteiger partial charge in [-0.3, -0.25) is 4.79 Å². The second-order valence-corrected chi connectivity index (χ2v) is 5.41. The Morgan fingerprint density at radius 1 is 1.21 bits per heavy atom. The summed E-state index contributed by atoms with van der Waals surface area (Å²) in [5.74, 6) is 0.477. The van der Waals surface area contributed by atoms with E-state index in [-0.39, 0.29) is 0 Å². The highest BCUT2D eigenvalue weighted by atomic mass is 16.5. The average molecular weight is 266 g/mol. The van der Waals surface area contributed by atoms with E-state index >= 15 is 0 Å². The van der Waals surface area contributed by atoms with Crippen LogP contribution in [0.1, 0.15) is 30.5 Å². The van der Waals surface area contributed by atoms with Gasteiger partial charge < -0.3 is 14.6 Å². The molecule has 1 rings (SSSR count). The van der Waals surface area contributed by atoms with E-state index < -0.39 is 11.4 Å². The van der Waals surface area contributed by atoms with Crippen LogP contribution in [0.25, 0.3) is 0 Å². The summed E-state index contributed by atoms with van der Waals surface area (Å²) < 4.78 is 10.8. The molecule has 0 atom stereocenters. The van der Waals surface area contributed by atoms with Crippen LogP contribution in [0.15, 0.2) is 6.07 Å². The summed E-state index contributed by atoms with van der Waals surface area (Å²) in [5, 5.41) is 9.24. The van der Waals surface area contributed by atoms with E-state index in [1.165, 1.54) is 0 Å². The number of aliphatic carboxylic acids is 1. The van der Waals surface area contributed by atoms with E-state index in [1.54, 1.807) is 28.1 Å². The van der Waals surface area contributed by atoms with Crippen molar-refractivity contribution >= 4 is 5.97 Å². The monoisotopic (exact) mass is 266 g/mol. The van der Waals surface area contributed by atoms with E-state index in [1.807, 2.05) is 19.9 Å². The van der Waals surface area contributed by atoms with Crippen LogP contribution in [0.2, 0.25) is 0 Å². The molecule has 0 unspecified atom stereocenters. The van der Waals surface area contributed by atoms with Gasteiger partial charge in [-0.25, -0.2) is 0 Å². The van der Waals surface area contributed by atoms with Crippen LogP contribution in [0.3, 0.4) is 0 Å². The number of aryl methyl sites for hydroxylation is 1. The summed E-state index contributed by atoms with van der Waals surface area (Å²) in [6.07, 6.45) is 0.392. The predicted octanol–water partition coefficient (Wildman–Crippen LogP) is 2.97. The van der Waals surface area contributed by atoms with E-state index in [0.717, 1.165) is 16.7 Å². The topological polar surface area (TPSA) is 55.8 Å². The standard InChI is InChI=1S/C15H22O4/c1-9-7-11(8-15(3,4)14(16)17)13(19-6)12(18-5)10(9)2/h7H,8H2,1-6H3,(H,16,17). The Bertz CT molecular complexity index is 489. The molecule has 0 spiro atoms. The van der Waals surface area contributed by atoms with Gasteiger partial charge >= 0.3 is 5.97 Å². The number of methoxy groups -OCH3 is 2. The van der Waals surface area contributed by atoms with Gasteiger partial charge in [0, 0.05) is 0 Å². The fourth-order valence-electron chi connectivity index (χ4n) is 2.08. The van der Waals surface area contributed by atoms with Crippen molar-refractivity contribution in [2.24, 2.45) is 5.41 Å². The molecule has 106 valence electrons. The van der Waals surface area contributed by atoms with Crippen LogP contribution in [-0.4, -0.2) is 25.3 Å². The molecule has 0 fully saturated rings. The van der Waals surface area contributed by atoms with Crippen LogP contribution in [0.5, 0.6) is 11.5 Å². The third-order valence-electron chi connectivity index (χ3n) is 3.44. The quantitative estimate of drug-likeness (QED) is 0.890. The summed E-state index contributed by atoms with van der Waals surface area (Å²) >= 11 is 0. The average Bonchev–Trinajstić information content (AvgIpc) is 2.32. The SMILES string of the molecule is COc1c(CC(C)(C)C(=O)O)cc(C)c(C)c1OC. The van der Waals surface area contributed by atoms with Gasteiger partial charge in [-0.05, 0) is 50.8 Å². The largest absolute Gasteiger partial charge is 0.493 e. The normalized spacial score (nSPS) is 11.3. The Balaban J connectivity index is 3.36. The lowest BCUT2D eigenvalue weighted by atomic mass is 9.84. The van der Waals surface area contributed by atoms with Gasteiger partial charge in [0.1, 0.15) is 0 Å². The number of hydrogen-bond acceptors (Lipinski definition) is 3. The van der Waals surface area contributed by atoms with Crippen molar-refractivity contribution in [1.82, 2.24) is 0 Å². The second-order valence-electron chi connectivity index (χ2n) is 5.41. The molecule has 4 nitrogen and oxygen atoms in total. The molecule has 0 aliphatic carbocycles. The number of benzene rings is 1. The lowest BCUT2D eigenvalue weighted by Crippen LogP contribution is -2.26. The first-order valence-electron chi connectivity index (χ1n) is 6.19. The van der Waals surface area contributed by atoms with Crippen molar-refractivity contribution in [3.05, 3.63) is 22.8 Å². The van der Waals surface area contributed by atoms with Crippen molar-refractivity contribution in [3.63, 3.8) is 0 Å². The van der Waals surface area contributed by atoms with Gasteiger partial charge in [0.2, 0.25) is 0 Å². The van der Waals surface area contributed by atoms with Crippen LogP contribution >= 0.6 is 0 Å². The molecule has 4 heteroatoms. The minimum atomic E-state index is -0.847. The van der Waals surface area contributed by atoms with Crippen molar-refractivity contribution < 1.29 is 19.4 Å². The number of carboxylic acid groups (broad SMARTS) is 1. The molecule has 0 aromatic heterocycles. The molecule has 1 aromatic carbocycles. The zero-order valence-electron chi connectivity index (χ0n) is 12.5. The van der Waals surface area contributed by atoms with Crippen molar-refractivity contribution in [2.75, 3.05) is 14.2 Å². The molecule has 1 N–H and O–H groups in total. The molecule has 19 heavy (non-hydrogen) atoms. The lowest BCUT2D eigenvalue weighted by Gasteiger charge is -2.23. The number of rotatable bonds is 5.